The van der Waals surface area contributed by atoms with Gasteiger partial charge in [-0.2, -0.15) is 0 Å². The number of carbonyl (C=O) groups excluding carboxylic acids is 1. The van der Waals surface area contributed by atoms with E-state index in [2.05, 4.69) is 20.3 Å². The number of anilines is 2. The molecule has 5 N–H and O–H groups in total. The maximum absolute atomic E-state index is 12.4. The van der Waals surface area contributed by atoms with Crippen molar-refractivity contribution in [3.63, 3.8) is 0 Å². The van der Waals surface area contributed by atoms with Crippen LogP contribution in [0.4, 0.5) is 11.6 Å². The Morgan fingerprint density at radius 3 is 2.59 bits per heavy atom. The molecule has 0 saturated carbocycles. The van der Waals surface area contributed by atoms with Gasteiger partial charge in [-0.25, -0.2) is 15.0 Å². The molecule has 1 amide bonds. The fraction of sp³-hybridized carbons (Fsp3) is 0.0526. The number of nitrogens with zero attached hydrogens (tertiary/aromatic N) is 4. The highest BCUT2D eigenvalue weighted by Crippen LogP contribution is 2.28. The number of benzene rings is 1. The van der Waals surface area contributed by atoms with E-state index in [9.17, 15) is 4.79 Å². The molecule has 0 fully saturated rings. The van der Waals surface area contributed by atoms with Crippen molar-refractivity contribution >= 4 is 23.1 Å². The lowest BCUT2D eigenvalue weighted by atomic mass is 10.1. The highest BCUT2D eigenvalue weighted by Gasteiger charge is 2.15. The minimum absolute atomic E-state index is 0.237. The molecule has 4 aromatic rings. The highest BCUT2D eigenvalue weighted by atomic mass is 16.1. The highest BCUT2D eigenvalue weighted by molar-refractivity contribution is 6.04. The number of nitrogens with two attached hydrogens (primary N) is 2. The molecule has 0 aliphatic heterocycles. The largest absolute Gasteiger partial charge is 0.382 e. The number of aromatic nitrogens is 4. The van der Waals surface area contributed by atoms with Gasteiger partial charge in [0.15, 0.2) is 0 Å². The first-order valence-corrected chi connectivity index (χ1v) is 8.31. The summed E-state index contributed by atoms with van der Waals surface area (Å²) >= 11 is 0. The molecule has 134 valence electrons. The third-order valence-electron chi connectivity index (χ3n) is 4.17. The van der Waals surface area contributed by atoms with Crippen molar-refractivity contribution in [1.82, 2.24) is 19.4 Å². The van der Waals surface area contributed by atoms with Crippen molar-refractivity contribution in [2.75, 3.05) is 11.1 Å². The first-order chi connectivity index (χ1) is 13.2. The summed E-state index contributed by atoms with van der Waals surface area (Å²) in [6.45, 7) is 0.273. The van der Waals surface area contributed by atoms with E-state index in [0.29, 0.717) is 34.2 Å². The van der Waals surface area contributed by atoms with Crippen LogP contribution in [0.3, 0.4) is 0 Å². The smallest absolute Gasteiger partial charge is 0.256 e. The molecule has 1 aromatic carbocycles. The number of carbonyl (C=O) groups is 1. The predicted octanol–water partition coefficient (Wildman–Crippen LogP) is 2.08. The Bertz CT molecular complexity index is 1100. The molecule has 0 spiro atoms. The van der Waals surface area contributed by atoms with Crippen LogP contribution < -0.4 is 16.8 Å². The van der Waals surface area contributed by atoms with Crippen LogP contribution >= 0.6 is 0 Å². The van der Waals surface area contributed by atoms with Gasteiger partial charge in [0, 0.05) is 29.7 Å². The van der Waals surface area contributed by atoms with Crippen molar-refractivity contribution in [3.05, 3.63) is 72.4 Å². The zero-order valence-electron chi connectivity index (χ0n) is 14.3. The van der Waals surface area contributed by atoms with Crippen LogP contribution in [0, 0.1) is 0 Å². The SMILES string of the molecule is NCc1nc(-c2ccc(C(=O)Nc3ccccn3)cc2)c2c(N)nccn12. The Morgan fingerprint density at radius 2 is 1.89 bits per heavy atom. The summed E-state index contributed by atoms with van der Waals surface area (Å²) < 4.78 is 1.83. The average Bonchev–Trinajstić information content (AvgIpc) is 3.09. The summed E-state index contributed by atoms with van der Waals surface area (Å²) in [5, 5.41) is 2.75. The molecule has 27 heavy (non-hydrogen) atoms. The second kappa shape index (κ2) is 6.85. The lowest BCUT2D eigenvalue weighted by molar-refractivity contribution is 0.102. The van der Waals surface area contributed by atoms with Gasteiger partial charge in [0.1, 0.15) is 28.7 Å². The van der Waals surface area contributed by atoms with Gasteiger partial charge in [-0.3, -0.25) is 9.20 Å². The molecular formula is C19H17N7O. The second-order valence-electron chi connectivity index (χ2n) is 5.86. The lowest BCUT2D eigenvalue weighted by Crippen LogP contribution is -2.12. The summed E-state index contributed by atoms with van der Waals surface area (Å²) in [4.78, 5) is 25.2. The van der Waals surface area contributed by atoms with Crippen LogP contribution in [-0.4, -0.2) is 25.3 Å². The Kier molecular flexibility index (Phi) is 4.23. The van der Waals surface area contributed by atoms with Gasteiger partial charge < -0.3 is 16.8 Å². The van der Waals surface area contributed by atoms with Crippen LogP contribution in [-0.2, 0) is 6.54 Å². The molecule has 3 heterocycles. The quantitative estimate of drug-likeness (QED) is 0.512. The predicted molar refractivity (Wildman–Crippen MR) is 103 cm³/mol. The maximum Gasteiger partial charge on any atom is 0.256 e. The zero-order chi connectivity index (χ0) is 18.8. The van der Waals surface area contributed by atoms with Gasteiger partial charge in [0.05, 0.1) is 6.54 Å². The molecule has 0 radical (unpaired) electrons. The molecule has 0 bridgehead atoms. The monoisotopic (exact) mass is 359 g/mol. The average molecular weight is 359 g/mol. The van der Waals surface area contributed by atoms with Gasteiger partial charge in [-0.1, -0.05) is 18.2 Å². The molecular weight excluding hydrogens is 342 g/mol. The van der Waals surface area contributed by atoms with E-state index in [1.54, 1.807) is 42.9 Å². The van der Waals surface area contributed by atoms with Crippen LogP contribution in [0.25, 0.3) is 16.8 Å². The summed E-state index contributed by atoms with van der Waals surface area (Å²) in [5.41, 5.74) is 14.5. The Labute approximate surface area is 154 Å². The van der Waals surface area contributed by atoms with Crippen molar-refractivity contribution < 1.29 is 4.79 Å². The number of imidazole rings is 1. The van der Waals surface area contributed by atoms with Gasteiger partial charge in [-0.05, 0) is 24.3 Å². The molecule has 3 aromatic heterocycles. The first-order valence-electron chi connectivity index (χ1n) is 8.31. The van der Waals surface area contributed by atoms with Gasteiger partial charge in [0.2, 0.25) is 0 Å². The van der Waals surface area contributed by atoms with E-state index in [1.165, 1.54) is 0 Å². The Morgan fingerprint density at radius 1 is 1.07 bits per heavy atom. The number of pyridine rings is 1. The van der Waals surface area contributed by atoms with E-state index >= 15 is 0 Å². The number of amides is 1. The first kappa shape index (κ1) is 16.7. The molecule has 0 unspecified atom stereocenters. The summed E-state index contributed by atoms with van der Waals surface area (Å²) in [6, 6.07) is 12.4. The zero-order valence-corrected chi connectivity index (χ0v) is 14.3. The summed E-state index contributed by atoms with van der Waals surface area (Å²) in [6.07, 6.45) is 5.01. The lowest BCUT2D eigenvalue weighted by Gasteiger charge is -2.05. The van der Waals surface area contributed by atoms with Gasteiger partial charge in [-0.15, -0.1) is 0 Å². The normalized spacial score (nSPS) is 10.9. The van der Waals surface area contributed by atoms with Crippen molar-refractivity contribution in [2.45, 2.75) is 6.54 Å². The van der Waals surface area contributed by atoms with Crippen LogP contribution in [0.1, 0.15) is 16.2 Å². The Hall–Kier alpha value is -3.78. The molecule has 0 aliphatic rings. The van der Waals surface area contributed by atoms with Crippen molar-refractivity contribution in [2.24, 2.45) is 5.73 Å². The van der Waals surface area contributed by atoms with Gasteiger partial charge >= 0.3 is 0 Å². The maximum atomic E-state index is 12.4. The Balaban J connectivity index is 1.67. The van der Waals surface area contributed by atoms with E-state index < -0.39 is 0 Å². The van der Waals surface area contributed by atoms with Crippen LogP contribution in [0.5, 0.6) is 0 Å². The molecule has 8 nitrogen and oxygen atoms in total. The van der Waals surface area contributed by atoms with Crippen molar-refractivity contribution in [3.8, 4) is 11.3 Å². The fourth-order valence-corrected chi connectivity index (χ4v) is 2.88. The van der Waals surface area contributed by atoms with Gasteiger partial charge in [0.25, 0.3) is 5.91 Å². The van der Waals surface area contributed by atoms with E-state index in [0.717, 1.165) is 5.56 Å². The van der Waals surface area contributed by atoms with E-state index in [1.807, 2.05) is 22.6 Å². The third-order valence-corrected chi connectivity index (χ3v) is 4.17. The molecule has 8 heteroatoms. The number of hydrogen-bond acceptors (Lipinski definition) is 6. The number of fused-ring (bicyclic) bond motifs is 1. The number of hydrogen-bond donors (Lipinski definition) is 3. The third kappa shape index (κ3) is 3.09. The number of nitrogen functional groups attached to an aromatic ring is 1. The standard InChI is InChI=1S/C19H17N7O/c20-11-15-25-16(17-18(21)23-9-10-26(15)17)12-4-6-13(7-5-12)19(27)24-14-3-1-2-8-22-14/h1-10H,11,20H2,(H2,21,23)(H,22,24,27). The van der Waals surface area contributed by atoms with Crippen LogP contribution in [0.15, 0.2) is 61.1 Å². The summed E-state index contributed by atoms with van der Waals surface area (Å²) in [7, 11) is 0. The molecule has 0 aliphatic carbocycles. The number of rotatable bonds is 4. The van der Waals surface area contributed by atoms with Crippen molar-refractivity contribution in [1.29, 1.82) is 0 Å². The number of nitrogens with one attached hydrogen (secondary N) is 1. The minimum Gasteiger partial charge on any atom is -0.382 e. The molecule has 4 rings (SSSR count). The second-order valence-corrected chi connectivity index (χ2v) is 5.86. The van der Waals surface area contributed by atoms with E-state index in [4.69, 9.17) is 11.5 Å². The summed E-state index contributed by atoms with van der Waals surface area (Å²) in [5.74, 6) is 1.32. The minimum atomic E-state index is -0.237. The van der Waals surface area contributed by atoms with E-state index in [-0.39, 0.29) is 12.5 Å². The van der Waals surface area contributed by atoms with Crippen LogP contribution in [0.2, 0.25) is 0 Å². The fourth-order valence-electron chi connectivity index (χ4n) is 2.88. The topological polar surface area (TPSA) is 124 Å². The molecule has 0 saturated heterocycles. The molecule has 0 atom stereocenters.